The number of carbonyl (C=O) groups excluding carboxylic acids is 2. The molecule has 0 aromatic rings. The lowest BCUT2D eigenvalue weighted by Crippen LogP contribution is -2.34. The number of rotatable bonds is 39. The normalized spacial score (nSPS) is 13.9. The third-order valence-corrected chi connectivity index (χ3v) is 9.71. The molecule has 0 saturated heterocycles. The summed E-state index contributed by atoms with van der Waals surface area (Å²) >= 11 is 0. The van der Waals surface area contributed by atoms with Crippen LogP contribution in [-0.2, 0) is 37.5 Å². The Hall–Kier alpha value is -2.30. The van der Waals surface area contributed by atoms with E-state index < -0.39 is 51.1 Å². The van der Waals surface area contributed by atoms with E-state index in [1.165, 1.54) is 70.6 Å². The number of unbranched alkanes of at least 4 members (excludes halogenated alkanes) is 20. The van der Waals surface area contributed by atoms with E-state index >= 15 is 0 Å². The van der Waals surface area contributed by atoms with Crippen LogP contribution in [0.5, 0.6) is 0 Å². The molecule has 0 fully saturated rings. The van der Waals surface area contributed by atoms with Crippen molar-refractivity contribution in [3.8, 4) is 0 Å². The highest BCUT2D eigenvalue weighted by Crippen LogP contribution is 2.43. The van der Waals surface area contributed by atoms with Crippen molar-refractivity contribution in [2.45, 2.75) is 186 Å². The Bertz CT molecular complexity index is 1030. The monoisotopic (exact) mass is 772 g/mol. The maximum absolute atomic E-state index is 12.6. The second kappa shape index (κ2) is 36.7. The van der Waals surface area contributed by atoms with Gasteiger partial charge in [-0.3, -0.25) is 23.4 Å². The first-order chi connectivity index (χ1) is 25.6. The molecule has 0 aliphatic heterocycles. The molecule has 3 atom stereocenters. The summed E-state index contributed by atoms with van der Waals surface area (Å²) in [5.41, 5.74) is 5.32. The first kappa shape index (κ1) is 50.7. The number of carboxylic acids is 1. The number of carbonyl (C=O) groups is 3. The average molecular weight is 772 g/mol. The van der Waals surface area contributed by atoms with Crippen LogP contribution in [0.4, 0.5) is 0 Å². The largest absolute Gasteiger partial charge is 0.480 e. The molecular weight excluding hydrogens is 697 g/mol. The molecule has 0 amide bonds. The van der Waals surface area contributed by atoms with Gasteiger partial charge < -0.3 is 25.2 Å². The Kier molecular flexibility index (Phi) is 35.1. The zero-order valence-corrected chi connectivity index (χ0v) is 33.8. The van der Waals surface area contributed by atoms with Crippen molar-refractivity contribution in [1.82, 2.24) is 0 Å². The number of ether oxygens (including phenoxy) is 2. The van der Waals surface area contributed by atoms with Crippen LogP contribution in [0, 0.1) is 0 Å². The highest BCUT2D eigenvalue weighted by Gasteiger charge is 2.28. The van der Waals surface area contributed by atoms with E-state index in [0.29, 0.717) is 12.8 Å². The van der Waals surface area contributed by atoms with E-state index in [0.717, 1.165) is 70.6 Å². The van der Waals surface area contributed by atoms with Gasteiger partial charge in [-0.05, 0) is 51.4 Å². The van der Waals surface area contributed by atoms with Crippen LogP contribution in [0.1, 0.15) is 174 Å². The number of nitrogens with two attached hydrogens (primary N) is 1. The van der Waals surface area contributed by atoms with Gasteiger partial charge in [0.1, 0.15) is 12.6 Å². The molecule has 0 aromatic carbocycles. The standard InChI is InChI=1S/C41H74NO10P/c1-3-5-7-9-11-13-15-17-19-21-23-25-27-29-31-33-40(44)52-37(35-50-53(47,48)51-36-38(42)41(45)46)34-49-39(43)32-30-28-26-24-22-20-18-16-14-12-10-8-6-4-2/h3,10,12,16,18,37-38H,1,4-9,11,13-15,17,19-36,42H2,2H3,(H,45,46)(H,47,48)/b12-10+,18-16+/t37-,38+/m1/s1. The minimum absolute atomic E-state index is 0.157. The summed E-state index contributed by atoms with van der Waals surface area (Å²) in [6.45, 7) is 4.26. The van der Waals surface area contributed by atoms with Crippen molar-refractivity contribution in [2.75, 3.05) is 19.8 Å². The van der Waals surface area contributed by atoms with Crippen LogP contribution in [0.3, 0.4) is 0 Å². The number of hydrogen-bond acceptors (Lipinski definition) is 9. The second-order valence-corrected chi connectivity index (χ2v) is 15.3. The van der Waals surface area contributed by atoms with Crippen molar-refractivity contribution in [3.63, 3.8) is 0 Å². The number of aliphatic carboxylic acids is 1. The van der Waals surface area contributed by atoms with Crippen molar-refractivity contribution in [1.29, 1.82) is 0 Å². The van der Waals surface area contributed by atoms with Gasteiger partial charge in [0.2, 0.25) is 0 Å². The lowest BCUT2D eigenvalue weighted by molar-refractivity contribution is -0.161. The second-order valence-electron chi connectivity index (χ2n) is 13.9. The van der Waals surface area contributed by atoms with Crippen molar-refractivity contribution < 1.29 is 47.5 Å². The first-order valence-corrected chi connectivity index (χ1v) is 22.0. The van der Waals surface area contributed by atoms with Gasteiger partial charge in [0, 0.05) is 12.8 Å². The van der Waals surface area contributed by atoms with Gasteiger partial charge in [-0.1, -0.05) is 140 Å². The maximum atomic E-state index is 12.6. The third-order valence-electron chi connectivity index (χ3n) is 8.76. The molecule has 0 radical (unpaired) electrons. The lowest BCUT2D eigenvalue weighted by Gasteiger charge is -2.20. The van der Waals surface area contributed by atoms with Crippen molar-refractivity contribution in [2.24, 2.45) is 5.73 Å². The number of esters is 2. The highest BCUT2D eigenvalue weighted by atomic mass is 31.2. The van der Waals surface area contributed by atoms with Gasteiger partial charge in [-0.25, -0.2) is 4.57 Å². The molecule has 0 heterocycles. The van der Waals surface area contributed by atoms with E-state index in [-0.39, 0.29) is 19.4 Å². The molecule has 0 spiro atoms. The lowest BCUT2D eigenvalue weighted by atomic mass is 10.0. The van der Waals surface area contributed by atoms with Crippen LogP contribution in [0.25, 0.3) is 0 Å². The predicted octanol–water partition coefficient (Wildman–Crippen LogP) is 10.4. The molecule has 4 N–H and O–H groups in total. The summed E-state index contributed by atoms with van der Waals surface area (Å²) < 4.78 is 32.6. The summed E-state index contributed by atoms with van der Waals surface area (Å²) in [6.07, 6.45) is 36.7. The minimum Gasteiger partial charge on any atom is -0.480 e. The number of phosphoric acid groups is 1. The highest BCUT2D eigenvalue weighted by molar-refractivity contribution is 7.47. The smallest absolute Gasteiger partial charge is 0.472 e. The zero-order valence-electron chi connectivity index (χ0n) is 32.9. The van der Waals surface area contributed by atoms with E-state index in [4.69, 9.17) is 24.8 Å². The Morgan fingerprint density at radius 2 is 1.09 bits per heavy atom. The van der Waals surface area contributed by atoms with E-state index in [1.807, 2.05) is 6.08 Å². The Labute approximate surface area is 321 Å². The van der Waals surface area contributed by atoms with Gasteiger partial charge >= 0.3 is 25.7 Å². The number of hydrogen-bond donors (Lipinski definition) is 3. The molecule has 12 heteroatoms. The van der Waals surface area contributed by atoms with Crippen molar-refractivity contribution in [3.05, 3.63) is 37.0 Å². The van der Waals surface area contributed by atoms with Crippen LogP contribution >= 0.6 is 7.82 Å². The number of phosphoric ester groups is 1. The SMILES string of the molecule is C=CCCCCCCCCCCCCCCCC(=O)O[C@H](COC(=O)CCCCCCC/C=C/C/C=C/CCCC)COP(=O)(O)OC[C@H](N)C(=O)O. The fraction of sp³-hybridized carbons (Fsp3) is 0.780. The maximum Gasteiger partial charge on any atom is 0.472 e. The first-order valence-electron chi connectivity index (χ1n) is 20.5. The van der Waals surface area contributed by atoms with E-state index in [2.05, 4.69) is 42.3 Å². The minimum atomic E-state index is -4.71. The Balaban J connectivity index is 4.40. The van der Waals surface area contributed by atoms with Crippen LogP contribution in [0.2, 0.25) is 0 Å². The van der Waals surface area contributed by atoms with Gasteiger partial charge in [0.05, 0.1) is 13.2 Å². The van der Waals surface area contributed by atoms with Crippen molar-refractivity contribution >= 4 is 25.7 Å². The molecule has 1 unspecified atom stereocenters. The van der Waals surface area contributed by atoms with E-state index in [1.54, 1.807) is 0 Å². The van der Waals surface area contributed by atoms with Gasteiger partial charge in [0.15, 0.2) is 6.10 Å². The molecular formula is C41H74NO10P. The molecule has 0 aromatic heterocycles. The quantitative estimate of drug-likeness (QED) is 0.0235. The van der Waals surface area contributed by atoms with Crippen LogP contribution in [0.15, 0.2) is 37.0 Å². The van der Waals surface area contributed by atoms with E-state index in [9.17, 15) is 23.8 Å². The summed E-state index contributed by atoms with van der Waals surface area (Å²) in [6, 6.07) is -1.52. The molecule has 0 saturated carbocycles. The summed E-state index contributed by atoms with van der Waals surface area (Å²) in [7, 11) is -4.71. The number of carboxylic acid groups (broad SMARTS) is 1. The molecule has 53 heavy (non-hydrogen) atoms. The van der Waals surface area contributed by atoms with Gasteiger partial charge in [0.25, 0.3) is 0 Å². The molecule has 0 aliphatic rings. The Morgan fingerprint density at radius 3 is 1.60 bits per heavy atom. The molecule has 11 nitrogen and oxygen atoms in total. The van der Waals surface area contributed by atoms with Crippen LogP contribution < -0.4 is 5.73 Å². The molecule has 308 valence electrons. The average Bonchev–Trinajstić information content (AvgIpc) is 3.13. The Morgan fingerprint density at radius 1 is 0.642 bits per heavy atom. The molecule has 0 rings (SSSR count). The fourth-order valence-corrected chi connectivity index (χ4v) is 6.25. The summed E-state index contributed by atoms with van der Waals surface area (Å²) in [5, 5.41) is 8.87. The molecule has 0 aliphatic carbocycles. The fourth-order valence-electron chi connectivity index (χ4n) is 5.47. The van der Waals surface area contributed by atoms with Gasteiger partial charge in [-0.2, -0.15) is 0 Å². The number of allylic oxidation sites excluding steroid dienone is 5. The zero-order chi connectivity index (χ0) is 39.3. The summed E-state index contributed by atoms with van der Waals surface area (Å²) in [4.78, 5) is 45.8. The topological polar surface area (TPSA) is 172 Å². The van der Waals surface area contributed by atoms with Gasteiger partial charge in [-0.15, -0.1) is 6.58 Å². The summed E-state index contributed by atoms with van der Waals surface area (Å²) in [5.74, 6) is -2.40. The predicted molar refractivity (Wildman–Crippen MR) is 212 cm³/mol. The van der Waals surface area contributed by atoms with Crippen LogP contribution in [-0.4, -0.2) is 59.9 Å². The molecule has 0 bridgehead atoms. The third kappa shape index (κ3) is 36.4.